The monoisotopic (exact) mass is 240 g/mol. The van der Waals surface area contributed by atoms with E-state index in [2.05, 4.69) is 12.2 Å². The predicted octanol–water partition coefficient (Wildman–Crippen LogP) is 2.76. The molecule has 96 valence electrons. The maximum absolute atomic E-state index is 13.6. The second kappa shape index (κ2) is 7.12. The van der Waals surface area contributed by atoms with Crippen LogP contribution in [0.5, 0.6) is 5.75 Å². The number of unbranched alkanes of at least 4 members (excludes halogenated alkanes) is 1. The number of hydrogen-bond donors (Lipinski definition) is 2. The van der Waals surface area contributed by atoms with Crippen LogP contribution in [0.25, 0.3) is 0 Å². The van der Waals surface area contributed by atoms with Crippen molar-refractivity contribution in [3.8, 4) is 5.75 Å². The Labute approximate surface area is 102 Å². The normalized spacial score (nSPS) is 12.2. The zero-order valence-corrected chi connectivity index (χ0v) is 10.5. The quantitative estimate of drug-likeness (QED) is 0.770. The minimum Gasteiger partial charge on any atom is -0.497 e. The van der Waals surface area contributed by atoms with Gasteiger partial charge in [0.25, 0.3) is 0 Å². The maximum Gasteiger partial charge on any atom is 0.146 e. The molecule has 1 rings (SSSR count). The lowest BCUT2D eigenvalue weighted by Gasteiger charge is -2.18. The fourth-order valence-corrected chi connectivity index (χ4v) is 1.66. The molecular formula is C13H21FN2O. The van der Waals surface area contributed by atoms with Gasteiger partial charge in [0.1, 0.15) is 11.6 Å². The summed E-state index contributed by atoms with van der Waals surface area (Å²) < 4.78 is 18.6. The summed E-state index contributed by atoms with van der Waals surface area (Å²) in [6.07, 6.45) is 3.14. The highest BCUT2D eigenvalue weighted by Gasteiger charge is 2.10. The number of nitrogens with two attached hydrogens (primary N) is 1. The molecule has 3 nitrogen and oxygen atoms in total. The summed E-state index contributed by atoms with van der Waals surface area (Å²) in [5.74, 6) is 0.362. The van der Waals surface area contributed by atoms with Gasteiger partial charge in [-0.1, -0.05) is 19.8 Å². The van der Waals surface area contributed by atoms with Crippen molar-refractivity contribution in [2.75, 3.05) is 19.0 Å². The van der Waals surface area contributed by atoms with Gasteiger partial charge in [-0.3, -0.25) is 0 Å². The molecule has 0 spiro atoms. The molecule has 0 aromatic heterocycles. The van der Waals surface area contributed by atoms with Crippen molar-refractivity contribution in [2.45, 2.75) is 32.2 Å². The highest BCUT2D eigenvalue weighted by Crippen LogP contribution is 2.22. The average Bonchev–Trinajstić information content (AvgIpc) is 2.36. The summed E-state index contributed by atoms with van der Waals surface area (Å²) >= 11 is 0. The Morgan fingerprint density at radius 3 is 2.82 bits per heavy atom. The van der Waals surface area contributed by atoms with Crippen LogP contribution >= 0.6 is 0 Å². The summed E-state index contributed by atoms with van der Waals surface area (Å²) in [5.41, 5.74) is 6.12. The molecule has 1 unspecified atom stereocenters. The Morgan fingerprint density at radius 1 is 1.47 bits per heavy atom. The summed E-state index contributed by atoms with van der Waals surface area (Å²) in [6.45, 7) is 2.62. The molecule has 17 heavy (non-hydrogen) atoms. The molecule has 1 atom stereocenters. The summed E-state index contributed by atoms with van der Waals surface area (Å²) in [7, 11) is 1.56. The van der Waals surface area contributed by atoms with Gasteiger partial charge in [-0.2, -0.15) is 0 Å². The molecule has 0 aliphatic heterocycles. The lowest BCUT2D eigenvalue weighted by Crippen LogP contribution is -2.29. The molecule has 0 fully saturated rings. The van der Waals surface area contributed by atoms with E-state index < -0.39 is 0 Å². The Bertz CT molecular complexity index is 344. The number of rotatable bonds is 7. The molecule has 1 aromatic carbocycles. The molecule has 0 radical (unpaired) electrons. The zero-order valence-electron chi connectivity index (χ0n) is 10.5. The molecule has 4 heteroatoms. The molecule has 0 bridgehead atoms. The van der Waals surface area contributed by atoms with Gasteiger partial charge < -0.3 is 15.8 Å². The van der Waals surface area contributed by atoms with Gasteiger partial charge in [0.05, 0.1) is 12.8 Å². The minimum absolute atomic E-state index is 0.108. The van der Waals surface area contributed by atoms with Gasteiger partial charge >= 0.3 is 0 Å². The van der Waals surface area contributed by atoms with Gasteiger partial charge in [-0.25, -0.2) is 4.39 Å². The van der Waals surface area contributed by atoms with Gasteiger partial charge in [0.2, 0.25) is 0 Å². The first-order valence-electron chi connectivity index (χ1n) is 6.01. The summed E-state index contributed by atoms with van der Waals surface area (Å²) in [6, 6.07) is 4.76. The van der Waals surface area contributed by atoms with Crippen molar-refractivity contribution in [3.05, 3.63) is 24.0 Å². The summed E-state index contributed by atoms with van der Waals surface area (Å²) in [4.78, 5) is 0. The van der Waals surface area contributed by atoms with Crippen molar-refractivity contribution in [2.24, 2.45) is 5.73 Å². The van der Waals surface area contributed by atoms with Gasteiger partial charge in [0, 0.05) is 18.7 Å². The number of nitrogens with one attached hydrogen (secondary N) is 1. The molecule has 0 saturated carbocycles. The van der Waals surface area contributed by atoms with Gasteiger partial charge in [0.15, 0.2) is 0 Å². The van der Waals surface area contributed by atoms with E-state index in [1.54, 1.807) is 19.2 Å². The molecule has 0 heterocycles. The number of hydrogen-bond acceptors (Lipinski definition) is 3. The highest BCUT2D eigenvalue weighted by atomic mass is 19.1. The standard InChI is InChI=1S/C13H21FN2O/c1-3-4-5-10(9-15)16-13-8-11(17-2)6-7-12(13)14/h6-8,10,16H,3-5,9,15H2,1-2H3. The third kappa shape index (κ3) is 4.23. The predicted molar refractivity (Wildman–Crippen MR) is 68.9 cm³/mol. The fourth-order valence-electron chi connectivity index (χ4n) is 1.66. The lowest BCUT2D eigenvalue weighted by atomic mass is 10.1. The van der Waals surface area contributed by atoms with E-state index in [9.17, 15) is 4.39 Å². The van der Waals surface area contributed by atoms with Crippen molar-refractivity contribution < 1.29 is 9.13 Å². The van der Waals surface area contributed by atoms with Gasteiger partial charge in [-0.15, -0.1) is 0 Å². The number of benzene rings is 1. The highest BCUT2D eigenvalue weighted by molar-refractivity contribution is 5.50. The van der Waals surface area contributed by atoms with Gasteiger partial charge in [-0.05, 0) is 18.6 Å². The maximum atomic E-state index is 13.6. The third-order valence-electron chi connectivity index (χ3n) is 2.72. The van der Waals surface area contributed by atoms with E-state index >= 15 is 0 Å². The van der Waals surface area contributed by atoms with Crippen molar-refractivity contribution >= 4 is 5.69 Å². The average molecular weight is 240 g/mol. The second-order valence-electron chi connectivity index (χ2n) is 4.06. The third-order valence-corrected chi connectivity index (χ3v) is 2.72. The summed E-state index contributed by atoms with van der Waals surface area (Å²) in [5, 5.41) is 3.13. The van der Waals surface area contributed by atoms with E-state index in [-0.39, 0.29) is 11.9 Å². The molecular weight excluding hydrogens is 219 g/mol. The zero-order chi connectivity index (χ0) is 12.7. The molecule has 0 aliphatic rings. The van der Waals surface area contributed by atoms with Crippen LogP contribution in [0.4, 0.5) is 10.1 Å². The second-order valence-corrected chi connectivity index (χ2v) is 4.06. The number of methoxy groups -OCH3 is 1. The first kappa shape index (κ1) is 13.8. The number of halogens is 1. The molecule has 0 amide bonds. The molecule has 0 saturated heterocycles. The van der Waals surface area contributed by atoms with Crippen LogP contribution in [-0.4, -0.2) is 19.7 Å². The number of ether oxygens (including phenoxy) is 1. The first-order valence-corrected chi connectivity index (χ1v) is 6.01. The first-order chi connectivity index (χ1) is 8.21. The fraction of sp³-hybridized carbons (Fsp3) is 0.538. The minimum atomic E-state index is -0.277. The van der Waals surface area contributed by atoms with E-state index in [1.807, 2.05) is 0 Å². The smallest absolute Gasteiger partial charge is 0.146 e. The Balaban J connectivity index is 2.70. The number of anilines is 1. The SMILES string of the molecule is CCCCC(CN)Nc1cc(OC)ccc1F. The van der Waals surface area contributed by atoms with Crippen LogP contribution in [0, 0.1) is 5.82 Å². The van der Waals surface area contributed by atoms with E-state index in [4.69, 9.17) is 10.5 Å². The van der Waals surface area contributed by atoms with Crippen molar-refractivity contribution in [3.63, 3.8) is 0 Å². The van der Waals surface area contributed by atoms with Crippen LogP contribution in [0.2, 0.25) is 0 Å². The lowest BCUT2D eigenvalue weighted by molar-refractivity contribution is 0.414. The topological polar surface area (TPSA) is 47.3 Å². The van der Waals surface area contributed by atoms with Crippen molar-refractivity contribution in [1.29, 1.82) is 0 Å². The van der Waals surface area contributed by atoms with E-state index in [1.165, 1.54) is 6.07 Å². The van der Waals surface area contributed by atoms with Crippen LogP contribution in [0.15, 0.2) is 18.2 Å². The molecule has 0 aliphatic carbocycles. The Kier molecular flexibility index (Phi) is 5.77. The van der Waals surface area contributed by atoms with E-state index in [0.29, 0.717) is 18.0 Å². The Morgan fingerprint density at radius 2 is 2.24 bits per heavy atom. The van der Waals surface area contributed by atoms with Crippen LogP contribution in [0.3, 0.4) is 0 Å². The van der Waals surface area contributed by atoms with E-state index in [0.717, 1.165) is 19.3 Å². The van der Waals surface area contributed by atoms with Crippen LogP contribution in [-0.2, 0) is 0 Å². The molecule has 1 aromatic rings. The molecule has 3 N–H and O–H groups in total. The largest absolute Gasteiger partial charge is 0.497 e. The van der Waals surface area contributed by atoms with Crippen molar-refractivity contribution in [1.82, 2.24) is 0 Å². The Hall–Kier alpha value is -1.29. The van der Waals surface area contributed by atoms with Crippen LogP contribution < -0.4 is 15.8 Å². The van der Waals surface area contributed by atoms with Crippen LogP contribution in [0.1, 0.15) is 26.2 Å².